The van der Waals surface area contributed by atoms with Crippen LogP contribution in [0.25, 0.3) is 0 Å². The van der Waals surface area contributed by atoms with Crippen molar-refractivity contribution in [2.45, 2.75) is 25.7 Å². The number of fused-ring (bicyclic) bond motifs is 2. The Labute approximate surface area is 105 Å². The van der Waals surface area contributed by atoms with Crippen LogP contribution in [0.2, 0.25) is 0 Å². The minimum absolute atomic E-state index is 0. The van der Waals surface area contributed by atoms with Gasteiger partial charge in [-0.3, -0.25) is 9.59 Å². The van der Waals surface area contributed by atoms with Crippen LogP contribution in [0.1, 0.15) is 27.1 Å². The van der Waals surface area contributed by atoms with E-state index >= 15 is 0 Å². The number of carbonyl (C=O) groups is 2. The summed E-state index contributed by atoms with van der Waals surface area (Å²) >= 11 is 0. The first-order valence-corrected chi connectivity index (χ1v) is 4.52. The molecule has 0 saturated heterocycles. The molecule has 2 aliphatic rings. The summed E-state index contributed by atoms with van der Waals surface area (Å²) in [4.78, 5) is 21.9. The van der Waals surface area contributed by atoms with Crippen LogP contribution in [0, 0.1) is 17.3 Å². The zero-order valence-corrected chi connectivity index (χ0v) is 10.2. The van der Waals surface area contributed by atoms with Crippen LogP contribution < -0.4 is 29.6 Å². The number of carboxylic acids is 2. The van der Waals surface area contributed by atoms with Gasteiger partial charge in [0.15, 0.2) is 0 Å². The van der Waals surface area contributed by atoms with E-state index in [0.717, 1.165) is 6.42 Å². The number of aliphatic carboxylic acids is 2. The summed E-state index contributed by atoms with van der Waals surface area (Å²) in [5.74, 6) is -2.18. The summed E-state index contributed by atoms with van der Waals surface area (Å²) in [5, 5.41) is 17.9. The average Bonchev–Trinajstić information content (AvgIpc) is 2.60. The van der Waals surface area contributed by atoms with Gasteiger partial charge in [-0.1, -0.05) is 0 Å². The second-order valence-corrected chi connectivity index (χ2v) is 4.20. The molecule has 0 radical (unpaired) electrons. The van der Waals surface area contributed by atoms with E-state index < -0.39 is 23.3 Å². The van der Waals surface area contributed by atoms with Crippen LogP contribution in [-0.2, 0) is 9.59 Å². The number of carboxylic acid groups (broad SMARTS) is 2. The van der Waals surface area contributed by atoms with E-state index in [4.69, 9.17) is 10.2 Å². The minimum Gasteiger partial charge on any atom is -1.00 e. The Morgan fingerprint density at radius 3 is 2.36 bits per heavy atom. The fourth-order valence-corrected chi connectivity index (χ4v) is 2.94. The van der Waals surface area contributed by atoms with E-state index in [0.29, 0.717) is 25.2 Å². The molecule has 74 valence electrons. The molecule has 0 aromatic heterocycles. The van der Waals surface area contributed by atoms with Gasteiger partial charge in [0.1, 0.15) is 0 Å². The first-order valence-electron chi connectivity index (χ1n) is 4.52. The molecule has 0 aliphatic heterocycles. The van der Waals surface area contributed by atoms with Gasteiger partial charge in [-0.05, 0) is 31.6 Å². The van der Waals surface area contributed by atoms with Gasteiger partial charge in [0.25, 0.3) is 0 Å². The van der Waals surface area contributed by atoms with Crippen LogP contribution in [0.5, 0.6) is 0 Å². The van der Waals surface area contributed by atoms with Crippen molar-refractivity contribution in [1.29, 1.82) is 0 Å². The largest absolute Gasteiger partial charge is 1.00 e. The summed E-state index contributed by atoms with van der Waals surface area (Å²) in [6, 6.07) is 0. The predicted octanol–water partition coefficient (Wildman–Crippen LogP) is -1.92. The van der Waals surface area contributed by atoms with Crippen molar-refractivity contribution in [1.82, 2.24) is 0 Å². The topological polar surface area (TPSA) is 74.6 Å². The molecule has 0 heterocycles. The van der Waals surface area contributed by atoms with Gasteiger partial charge in [0.2, 0.25) is 0 Å². The summed E-state index contributed by atoms with van der Waals surface area (Å²) in [6.45, 7) is 0. The van der Waals surface area contributed by atoms with E-state index in [9.17, 15) is 9.59 Å². The fourth-order valence-electron chi connectivity index (χ4n) is 2.94. The van der Waals surface area contributed by atoms with Gasteiger partial charge in [0, 0.05) is 0 Å². The smallest absolute Gasteiger partial charge is 1.00 e. The molecular weight excluding hydrogens is 195 g/mol. The Balaban J connectivity index is 0.000000980. The van der Waals surface area contributed by atoms with Crippen molar-refractivity contribution in [3.05, 3.63) is 0 Å². The van der Waals surface area contributed by atoms with Crippen molar-refractivity contribution in [2.24, 2.45) is 17.3 Å². The molecule has 5 heteroatoms. The van der Waals surface area contributed by atoms with Crippen molar-refractivity contribution < 1.29 is 50.8 Å². The van der Waals surface area contributed by atoms with Crippen molar-refractivity contribution in [3.63, 3.8) is 0 Å². The third-order valence-corrected chi connectivity index (χ3v) is 3.61. The van der Waals surface area contributed by atoms with Gasteiger partial charge in [-0.15, -0.1) is 0 Å². The minimum atomic E-state index is -0.940. The molecule has 0 aromatic rings. The first kappa shape index (κ1) is 12.0. The molecule has 0 amide bonds. The van der Waals surface area contributed by atoms with E-state index in [1.807, 2.05) is 0 Å². The Bertz CT molecular complexity index is 283. The average molecular weight is 208 g/mol. The van der Waals surface area contributed by atoms with Crippen LogP contribution in [-0.4, -0.2) is 22.2 Å². The standard InChI is InChI=1S/C9H12O4.Na.H/c10-7(11)6-3-5-1-2-9(6,4-5)8(12)13;;/h5-6H,1-4H2,(H,10,11)(H,12,13);;/q;+1;-1. The second-order valence-electron chi connectivity index (χ2n) is 4.20. The van der Waals surface area contributed by atoms with Gasteiger partial charge < -0.3 is 11.6 Å². The van der Waals surface area contributed by atoms with Crippen LogP contribution in [0.3, 0.4) is 0 Å². The Morgan fingerprint density at radius 2 is 2.00 bits per heavy atom. The van der Waals surface area contributed by atoms with Crippen LogP contribution >= 0.6 is 0 Å². The number of rotatable bonds is 2. The molecule has 2 saturated carbocycles. The van der Waals surface area contributed by atoms with Crippen molar-refractivity contribution >= 4 is 11.9 Å². The van der Waals surface area contributed by atoms with Crippen LogP contribution in [0.4, 0.5) is 0 Å². The normalized spacial score (nSPS) is 39.1. The zero-order valence-electron chi connectivity index (χ0n) is 9.19. The maximum atomic E-state index is 11.0. The van der Waals surface area contributed by atoms with Gasteiger partial charge in [-0.25, -0.2) is 0 Å². The van der Waals surface area contributed by atoms with E-state index in [1.165, 1.54) is 0 Å². The quantitative estimate of drug-likeness (QED) is 0.519. The molecule has 4 nitrogen and oxygen atoms in total. The molecule has 2 rings (SSSR count). The van der Waals surface area contributed by atoms with Crippen LogP contribution in [0.15, 0.2) is 0 Å². The van der Waals surface area contributed by atoms with E-state index in [2.05, 4.69) is 0 Å². The van der Waals surface area contributed by atoms with Gasteiger partial charge >= 0.3 is 41.5 Å². The third-order valence-electron chi connectivity index (χ3n) is 3.61. The summed E-state index contributed by atoms with van der Waals surface area (Å²) < 4.78 is 0. The Hall–Kier alpha value is -0.0600. The molecule has 3 unspecified atom stereocenters. The van der Waals surface area contributed by atoms with E-state index in [-0.39, 0.29) is 31.0 Å². The summed E-state index contributed by atoms with van der Waals surface area (Å²) in [6.07, 6.45) is 2.56. The Morgan fingerprint density at radius 1 is 1.36 bits per heavy atom. The molecular formula is C9H13NaO4. The molecule has 3 atom stereocenters. The van der Waals surface area contributed by atoms with Gasteiger partial charge in [-0.2, -0.15) is 0 Å². The number of hydrogen-bond donors (Lipinski definition) is 2. The molecule has 2 aliphatic carbocycles. The maximum Gasteiger partial charge on any atom is 1.00 e. The van der Waals surface area contributed by atoms with Crippen molar-refractivity contribution in [2.75, 3.05) is 0 Å². The van der Waals surface area contributed by atoms with Gasteiger partial charge in [0.05, 0.1) is 11.3 Å². The molecule has 2 bridgehead atoms. The second kappa shape index (κ2) is 3.83. The fraction of sp³-hybridized carbons (Fsp3) is 0.778. The first-order chi connectivity index (χ1) is 6.06. The summed E-state index contributed by atoms with van der Waals surface area (Å²) in [5.41, 5.74) is -0.934. The zero-order chi connectivity index (χ0) is 9.64. The van der Waals surface area contributed by atoms with Crippen molar-refractivity contribution in [3.8, 4) is 0 Å². The van der Waals surface area contributed by atoms with E-state index in [1.54, 1.807) is 0 Å². The molecule has 14 heavy (non-hydrogen) atoms. The third kappa shape index (κ3) is 1.49. The number of hydrogen-bond acceptors (Lipinski definition) is 2. The SMILES string of the molecule is O=C(O)C1CC2CCC1(C(=O)O)C2.[H-].[Na+]. The maximum absolute atomic E-state index is 11.0. The molecule has 2 fully saturated rings. The summed E-state index contributed by atoms with van der Waals surface area (Å²) in [7, 11) is 0. The monoisotopic (exact) mass is 208 g/mol. The molecule has 2 N–H and O–H groups in total. The predicted molar refractivity (Wildman–Crippen MR) is 44.3 cm³/mol. The molecule has 0 spiro atoms. The Kier molecular flexibility index (Phi) is 3.29. The molecule has 0 aromatic carbocycles.